The zero-order valence-corrected chi connectivity index (χ0v) is 10.3. The first-order valence-electron chi connectivity index (χ1n) is 5.62. The van der Waals surface area contributed by atoms with Crippen LogP contribution >= 0.6 is 0 Å². The maximum Gasteiger partial charge on any atom is 0.292 e. The maximum absolute atomic E-state index is 11.9. The number of pyridine rings is 1. The zero-order chi connectivity index (χ0) is 12.0. The lowest BCUT2D eigenvalue weighted by Crippen LogP contribution is -2.27. The van der Waals surface area contributed by atoms with Gasteiger partial charge in [-0.1, -0.05) is 6.92 Å². The van der Waals surface area contributed by atoms with Gasteiger partial charge in [-0.2, -0.15) is 0 Å². The van der Waals surface area contributed by atoms with Crippen molar-refractivity contribution in [1.29, 1.82) is 0 Å². The number of rotatable bonds is 6. The van der Waals surface area contributed by atoms with Gasteiger partial charge in [0.05, 0.1) is 6.61 Å². The summed E-state index contributed by atoms with van der Waals surface area (Å²) in [6.07, 6.45) is 2.71. The van der Waals surface area contributed by atoms with E-state index in [0.29, 0.717) is 18.9 Å². The molecule has 0 radical (unpaired) electrons. The summed E-state index contributed by atoms with van der Waals surface area (Å²) in [4.78, 5) is 14.0. The van der Waals surface area contributed by atoms with Crippen LogP contribution in [0.5, 0.6) is 5.75 Å². The summed E-state index contributed by atoms with van der Waals surface area (Å²) in [5.74, 6) is 0.447. The van der Waals surface area contributed by atoms with Gasteiger partial charge in [0, 0.05) is 19.3 Å². The van der Waals surface area contributed by atoms with E-state index in [0.717, 1.165) is 13.0 Å². The molecule has 0 saturated heterocycles. The molecule has 1 rings (SSSR count). The highest BCUT2D eigenvalue weighted by atomic mass is 16.5. The van der Waals surface area contributed by atoms with Gasteiger partial charge >= 0.3 is 0 Å². The number of aromatic nitrogens is 1. The molecular formula is C12H20N2O2. The molecule has 1 aromatic heterocycles. The average Bonchev–Trinajstić information content (AvgIpc) is 2.26. The first-order chi connectivity index (χ1) is 7.65. The second kappa shape index (κ2) is 6.33. The molecule has 1 aromatic rings. The summed E-state index contributed by atoms with van der Waals surface area (Å²) >= 11 is 0. The van der Waals surface area contributed by atoms with Gasteiger partial charge in [0.15, 0.2) is 5.75 Å². The number of ether oxygens (including phenoxy) is 1. The van der Waals surface area contributed by atoms with Gasteiger partial charge in [-0.15, -0.1) is 0 Å². The first kappa shape index (κ1) is 12.8. The molecule has 1 heterocycles. The molecule has 16 heavy (non-hydrogen) atoms. The summed E-state index contributed by atoms with van der Waals surface area (Å²) in [6, 6.07) is 3.58. The number of nitrogens with zero attached hydrogens (tertiary/aromatic N) is 2. The van der Waals surface area contributed by atoms with Crippen molar-refractivity contribution in [3.63, 3.8) is 0 Å². The van der Waals surface area contributed by atoms with Gasteiger partial charge in [0.25, 0.3) is 5.56 Å². The summed E-state index contributed by atoms with van der Waals surface area (Å²) in [7, 11) is 3.98. The van der Waals surface area contributed by atoms with Crippen molar-refractivity contribution in [2.75, 3.05) is 27.2 Å². The first-order valence-corrected chi connectivity index (χ1v) is 5.62. The number of likely N-dealkylation sites (N-methyl/N-ethyl adjacent to an activating group) is 1. The van der Waals surface area contributed by atoms with E-state index in [1.165, 1.54) is 0 Å². The predicted octanol–water partition coefficient (Wildman–Crippen LogP) is 1.20. The molecule has 4 heteroatoms. The monoisotopic (exact) mass is 224 g/mol. The summed E-state index contributed by atoms with van der Waals surface area (Å²) in [5.41, 5.74) is -0.0437. The van der Waals surface area contributed by atoms with Crippen LogP contribution in [0.4, 0.5) is 0 Å². The molecular weight excluding hydrogens is 204 g/mol. The predicted molar refractivity (Wildman–Crippen MR) is 65.0 cm³/mol. The van der Waals surface area contributed by atoms with Gasteiger partial charge in [-0.3, -0.25) is 4.79 Å². The highest BCUT2D eigenvalue weighted by Crippen LogP contribution is 2.02. The molecule has 0 atom stereocenters. The smallest absolute Gasteiger partial charge is 0.292 e. The Labute approximate surface area is 96.5 Å². The molecule has 4 nitrogen and oxygen atoms in total. The zero-order valence-electron chi connectivity index (χ0n) is 10.3. The minimum absolute atomic E-state index is 0.0437. The Morgan fingerprint density at radius 1 is 1.44 bits per heavy atom. The third kappa shape index (κ3) is 3.70. The lowest BCUT2D eigenvalue weighted by atomic mass is 10.4. The van der Waals surface area contributed by atoms with Gasteiger partial charge in [0.1, 0.15) is 0 Å². The molecule has 0 aromatic carbocycles. The second-order valence-electron chi connectivity index (χ2n) is 4.02. The van der Waals surface area contributed by atoms with Crippen molar-refractivity contribution < 1.29 is 4.74 Å². The van der Waals surface area contributed by atoms with E-state index < -0.39 is 0 Å². The molecule has 0 amide bonds. The average molecular weight is 224 g/mol. The molecule has 0 spiro atoms. The Morgan fingerprint density at radius 2 is 2.19 bits per heavy atom. The van der Waals surface area contributed by atoms with Gasteiger partial charge in [-0.05, 0) is 32.6 Å². The lowest BCUT2D eigenvalue weighted by molar-refractivity contribution is 0.308. The molecule has 0 aliphatic rings. The van der Waals surface area contributed by atoms with Crippen LogP contribution < -0.4 is 10.3 Å². The van der Waals surface area contributed by atoms with Crippen LogP contribution in [-0.4, -0.2) is 36.7 Å². The van der Waals surface area contributed by atoms with Crippen LogP contribution in [0, 0.1) is 0 Å². The standard InChI is InChI=1S/C12H20N2O2/c1-4-10-16-11-6-5-7-14(12(11)15)9-8-13(2)3/h5-7H,4,8-10H2,1-3H3. The Bertz CT molecular complexity index is 372. The summed E-state index contributed by atoms with van der Waals surface area (Å²) in [5, 5.41) is 0. The fraction of sp³-hybridized carbons (Fsp3) is 0.583. The Kier molecular flexibility index (Phi) is 5.05. The summed E-state index contributed by atoms with van der Waals surface area (Å²) < 4.78 is 7.07. The molecule has 90 valence electrons. The summed E-state index contributed by atoms with van der Waals surface area (Å²) in [6.45, 7) is 4.15. The third-order valence-corrected chi connectivity index (χ3v) is 2.24. The van der Waals surface area contributed by atoms with Crippen molar-refractivity contribution in [2.24, 2.45) is 0 Å². The molecule has 0 aliphatic carbocycles. The van der Waals surface area contributed by atoms with Crippen LogP contribution in [0.15, 0.2) is 23.1 Å². The van der Waals surface area contributed by atoms with Crippen LogP contribution in [0.1, 0.15) is 13.3 Å². The fourth-order valence-corrected chi connectivity index (χ4v) is 1.32. The molecule has 0 saturated carbocycles. The van der Waals surface area contributed by atoms with E-state index in [4.69, 9.17) is 4.74 Å². The van der Waals surface area contributed by atoms with Gasteiger partial charge in [-0.25, -0.2) is 0 Å². The van der Waals surface area contributed by atoms with Crippen molar-refractivity contribution in [2.45, 2.75) is 19.9 Å². The maximum atomic E-state index is 11.9. The largest absolute Gasteiger partial charge is 0.488 e. The number of hydrogen-bond acceptors (Lipinski definition) is 3. The fourth-order valence-electron chi connectivity index (χ4n) is 1.32. The van der Waals surface area contributed by atoms with E-state index in [1.807, 2.05) is 32.0 Å². The van der Waals surface area contributed by atoms with Crippen molar-refractivity contribution in [1.82, 2.24) is 9.47 Å². The van der Waals surface area contributed by atoms with Crippen molar-refractivity contribution in [3.8, 4) is 5.75 Å². The number of hydrogen-bond donors (Lipinski definition) is 0. The van der Waals surface area contributed by atoms with E-state index in [-0.39, 0.29) is 5.56 Å². The van der Waals surface area contributed by atoms with Gasteiger partial charge in [0.2, 0.25) is 0 Å². The molecule has 0 fully saturated rings. The molecule has 0 N–H and O–H groups in total. The molecule has 0 aliphatic heterocycles. The van der Waals surface area contributed by atoms with Gasteiger partial charge < -0.3 is 14.2 Å². The highest BCUT2D eigenvalue weighted by molar-refractivity contribution is 5.17. The van der Waals surface area contributed by atoms with Crippen LogP contribution in [0.2, 0.25) is 0 Å². The van der Waals surface area contributed by atoms with Crippen LogP contribution in [-0.2, 0) is 6.54 Å². The van der Waals surface area contributed by atoms with E-state index in [1.54, 1.807) is 16.8 Å². The second-order valence-corrected chi connectivity index (χ2v) is 4.02. The third-order valence-electron chi connectivity index (χ3n) is 2.24. The van der Waals surface area contributed by atoms with Crippen LogP contribution in [0.3, 0.4) is 0 Å². The van der Waals surface area contributed by atoms with E-state index >= 15 is 0 Å². The van der Waals surface area contributed by atoms with Crippen molar-refractivity contribution >= 4 is 0 Å². The quantitative estimate of drug-likeness (QED) is 0.728. The SMILES string of the molecule is CCCOc1cccn(CCN(C)C)c1=O. The van der Waals surface area contributed by atoms with E-state index in [2.05, 4.69) is 0 Å². The molecule has 0 bridgehead atoms. The minimum atomic E-state index is -0.0437. The lowest BCUT2D eigenvalue weighted by Gasteiger charge is -2.12. The van der Waals surface area contributed by atoms with E-state index in [9.17, 15) is 4.79 Å². The topological polar surface area (TPSA) is 34.5 Å². The van der Waals surface area contributed by atoms with Crippen molar-refractivity contribution in [3.05, 3.63) is 28.7 Å². The Balaban J connectivity index is 2.74. The Hall–Kier alpha value is -1.29. The van der Waals surface area contributed by atoms with Crippen LogP contribution in [0.25, 0.3) is 0 Å². The normalized spacial score (nSPS) is 10.8. The molecule has 0 unspecified atom stereocenters. The minimum Gasteiger partial charge on any atom is -0.488 e. The Morgan fingerprint density at radius 3 is 2.81 bits per heavy atom. The highest BCUT2D eigenvalue weighted by Gasteiger charge is 2.03.